The minimum atomic E-state index is 0.0199. The van der Waals surface area contributed by atoms with Gasteiger partial charge >= 0.3 is 0 Å². The predicted octanol–water partition coefficient (Wildman–Crippen LogP) is 3.40. The van der Waals surface area contributed by atoms with Crippen LogP contribution in [0.25, 0.3) is 0 Å². The first-order chi connectivity index (χ1) is 12.1. The van der Waals surface area contributed by atoms with E-state index in [1.54, 1.807) is 7.11 Å². The van der Waals surface area contributed by atoms with Crippen molar-refractivity contribution in [3.05, 3.63) is 65.2 Å². The van der Waals surface area contributed by atoms with Crippen LogP contribution in [0.3, 0.4) is 0 Å². The highest BCUT2D eigenvalue weighted by Crippen LogP contribution is 2.25. The molecule has 0 saturated carbocycles. The van der Waals surface area contributed by atoms with Crippen molar-refractivity contribution in [2.75, 3.05) is 20.2 Å². The lowest BCUT2D eigenvalue weighted by Gasteiger charge is -2.18. The molecule has 0 aromatic heterocycles. The van der Waals surface area contributed by atoms with Crippen molar-refractivity contribution in [2.45, 2.75) is 32.7 Å². The van der Waals surface area contributed by atoms with Gasteiger partial charge in [0.2, 0.25) is 5.91 Å². The molecule has 0 unspecified atom stereocenters. The van der Waals surface area contributed by atoms with Gasteiger partial charge in [0, 0.05) is 18.2 Å². The van der Waals surface area contributed by atoms with Crippen molar-refractivity contribution in [3.63, 3.8) is 0 Å². The van der Waals surface area contributed by atoms with E-state index in [1.807, 2.05) is 37.3 Å². The molecule has 0 aliphatic carbocycles. The molecule has 4 nitrogen and oxygen atoms in total. The van der Waals surface area contributed by atoms with Gasteiger partial charge in [0.15, 0.2) is 0 Å². The average Bonchev–Trinajstić information content (AvgIpc) is 2.64. The van der Waals surface area contributed by atoms with E-state index in [0.717, 1.165) is 24.2 Å². The topological polar surface area (TPSA) is 50.4 Å². The van der Waals surface area contributed by atoms with E-state index >= 15 is 0 Å². The summed E-state index contributed by atoms with van der Waals surface area (Å²) in [5.74, 6) is 0.861. The van der Waals surface area contributed by atoms with Crippen LogP contribution in [0.4, 0.5) is 0 Å². The van der Waals surface area contributed by atoms with Crippen LogP contribution in [-0.2, 0) is 11.2 Å². The molecular weight excluding hydrogens is 312 g/mol. The van der Waals surface area contributed by atoms with Crippen molar-refractivity contribution in [1.82, 2.24) is 10.6 Å². The molecule has 0 bridgehead atoms. The van der Waals surface area contributed by atoms with E-state index in [1.165, 1.54) is 11.1 Å². The van der Waals surface area contributed by atoms with Gasteiger partial charge in [-0.15, -0.1) is 0 Å². The minimum absolute atomic E-state index is 0.0199. The van der Waals surface area contributed by atoms with Crippen molar-refractivity contribution >= 4 is 5.91 Å². The molecule has 2 rings (SSSR count). The highest BCUT2D eigenvalue weighted by molar-refractivity contribution is 5.78. The Labute approximate surface area is 150 Å². The average molecular weight is 340 g/mol. The summed E-state index contributed by atoms with van der Waals surface area (Å²) in [6.45, 7) is 5.08. The predicted molar refractivity (Wildman–Crippen MR) is 102 cm³/mol. The lowest BCUT2D eigenvalue weighted by atomic mass is 10.0. The number of ether oxygens (including phenoxy) is 1. The Morgan fingerprint density at radius 3 is 2.64 bits per heavy atom. The first-order valence-corrected chi connectivity index (χ1v) is 8.78. The van der Waals surface area contributed by atoms with E-state index in [-0.39, 0.29) is 11.9 Å². The Kier molecular flexibility index (Phi) is 7.48. The maximum atomic E-state index is 12.0. The fourth-order valence-corrected chi connectivity index (χ4v) is 2.78. The number of carbonyl (C=O) groups excluding carboxylic acids is 1. The van der Waals surface area contributed by atoms with E-state index in [2.05, 4.69) is 35.8 Å². The Hall–Kier alpha value is -2.33. The highest BCUT2D eigenvalue weighted by Gasteiger charge is 2.12. The first kappa shape index (κ1) is 19.0. The van der Waals surface area contributed by atoms with Crippen molar-refractivity contribution in [3.8, 4) is 5.75 Å². The van der Waals surface area contributed by atoms with Crippen molar-refractivity contribution in [1.29, 1.82) is 0 Å². The third-order valence-corrected chi connectivity index (χ3v) is 4.23. The zero-order valence-corrected chi connectivity index (χ0v) is 15.3. The highest BCUT2D eigenvalue weighted by atomic mass is 16.5. The zero-order chi connectivity index (χ0) is 18.1. The second-order valence-corrected chi connectivity index (χ2v) is 6.29. The van der Waals surface area contributed by atoms with Gasteiger partial charge in [-0.05, 0) is 38.3 Å². The number of amides is 1. The summed E-state index contributed by atoms with van der Waals surface area (Å²) in [6.07, 6.45) is 1.92. The number of rotatable bonds is 9. The Morgan fingerprint density at radius 1 is 1.16 bits per heavy atom. The van der Waals surface area contributed by atoms with Gasteiger partial charge in [-0.3, -0.25) is 4.79 Å². The number of methoxy groups -OCH3 is 1. The van der Waals surface area contributed by atoms with Crippen LogP contribution >= 0.6 is 0 Å². The SMILES string of the molecule is COc1ccc(C)cc1[C@@H](C)NCC(=O)NCCCc1ccccc1. The summed E-state index contributed by atoms with van der Waals surface area (Å²) in [5.41, 5.74) is 3.55. The molecule has 2 aromatic rings. The largest absolute Gasteiger partial charge is 0.496 e. The number of benzene rings is 2. The van der Waals surface area contributed by atoms with E-state index in [0.29, 0.717) is 13.1 Å². The fourth-order valence-electron chi connectivity index (χ4n) is 2.78. The van der Waals surface area contributed by atoms with Gasteiger partial charge in [0.1, 0.15) is 5.75 Å². The van der Waals surface area contributed by atoms with Crippen LogP contribution in [0.5, 0.6) is 5.75 Å². The van der Waals surface area contributed by atoms with Gasteiger partial charge in [-0.25, -0.2) is 0 Å². The Morgan fingerprint density at radius 2 is 1.92 bits per heavy atom. The van der Waals surface area contributed by atoms with E-state index in [4.69, 9.17) is 4.74 Å². The second kappa shape index (κ2) is 9.84. The molecular formula is C21H28N2O2. The maximum absolute atomic E-state index is 12.0. The molecule has 0 saturated heterocycles. The van der Waals surface area contributed by atoms with Crippen molar-refractivity contribution in [2.24, 2.45) is 0 Å². The molecule has 0 aliphatic rings. The molecule has 2 aromatic carbocycles. The third kappa shape index (κ3) is 6.24. The van der Waals surface area contributed by atoms with Crippen LogP contribution in [-0.4, -0.2) is 26.1 Å². The van der Waals surface area contributed by atoms with Crippen LogP contribution < -0.4 is 15.4 Å². The quantitative estimate of drug-likeness (QED) is 0.688. The van der Waals surface area contributed by atoms with Gasteiger partial charge < -0.3 is 15.4 Å². The maximum Gasteiger partial charge on any atom is 0.233 e. The summed E-state index contributed by atoms with van der Waals surface area (Å²) in [7, 11) is 1.67. The summed E-state index contributed by atoms with van der Waals surface area (Å²) in [5, 5.41) is 6.23. The standard InChI is InChI=1S/C21H28N2O2/c1-16-11-12-20(25-3)19(14-16)17(2)23-15-21(24)22-13-7-10-18-8-5-4-6-9-18/h4-6,8-9,11-12,14,17,23H,7,10,13,15H2,1-3H3,(H,22,24)/t17-/m1/s1. The van der Waals surface area contributed by atoms with E-state index < -0.39 is 0 Å². The minimum Gasteiger partial charge on any atom is -0.496 e. The molecule has 134 valence electrons. The molecule has 0 spiro atoms. The van der Waals surface area contributed by atoms with Gasteiger partial charge in [0.05, 0.1) is 13.7 Å². The molecule has 2 N–H and O–H groups in total. The summed E-state index contributed by atoms with van der Waals surface area (Å²) < 4.78 is 5.41. The smallest absolute Gasteiger partial charge is 0.233 e. The summed E-state index contributed by atoms with van der Waals surface area (Å²) in [6, 6.07) is 16.4. The molecule has 4 heteroatoms. The summed E-state index contributed by atoms with van der Waals surface area (Å²) >= 11 is 0. The van der Waals surface area contributed by atoms with Crippen LogP contribution in [0, 0.1) is 6.92 Å². The lowest BCUT2D eigenvalue weighted by Crippen LogP contribution is -2.35. The molecule has 0 radical (unpaired) electrons. The monoisotopic (exact) mass is 340 g/mol. The lowest BCUT2D eigenvalue weighted by molar-refractivity contribution is -0.120. The van der Waals surface area contributed by atoms with Crippen LogP contribution in [0.15, 0.2) is 48.5 Å². The molecule has 1 atom stereocenters. The van der Waals surface area contributed by atoms with Crippen molar-refractivity contribution < 1.29 is 9.53 Å². The van der Waals surface area contributed by atoms with Crippen LogP contribution in [0.2, 0.25) is 0 Å². The van der Waals surface area contributed by atoms with Gasteiger partial charge in [0.25, 0.3) is 0 Å². The molecule has 0 fully saturated rings. The number of aryl methyl sites for hydroxylation is 2. The zero-order valence-electron chi connectivity index (χ0n) is 15.3. The van der Waals surface area contributed by atoms with E-state index in [9.17, 15) is 4.79 Å². The number of carbonyl (C=O) groups is 1. The number of hydrogen-bond acceptors (Lipinski definition) is 3. The molecule has 0 heterocycles. The normalized spacial score (nSPS) is 11.8. The number of hydrogen-bond donors (Lipinski definition) is 2. The molecule has 1 amide bonds. The van der Waals surface area contributed by atoms with Crippen LogP contribution in [0.1, 0.15) is 36.1 Å². The first-order valence-electron chi connectivity index (χ1n) is 8.78. The van der Waals surface area contributed by atoms with Gasteiger partial charge in [-0.2, -0.15) is 0 Å². The Balaban J connectivity index is 1.71. The second-order valence-electron chi connectivity index (χ2n) is 6.29. The third-order valence-electron chi connectivity index (χ3n) is 4.23. The molecule has 0 aliphatic heterocycles. The Bertz CT molecular complexity index is 671. The summed E-state index contributed by atoms with van der Waals surface area (Å²) in [4.78, 5) is 12.0. The molecule has 25 heavy (non-hydrogen) atoms. The number of nitrogens with one attached hydrogen (secondary N) is 2. The van der Waals surface area contributed by atoms with Gasteiger partial charge in [-0.1, -0.05) is 48.0 Å². The fraction of sp³-hybridized carbons (Fsp3) is 0.381.